The molecule has 0 saturated heterocycles. The molecule has 1 aromatic carbocycles. The summed E-state index contributed by atoms with van der Waals surface area (Å²) >= 11 is 0. The number of rotatable bonds is 8. The van der Waals surface area contributed by atoms with Crippen molar-refractivity contribution in [3.05, 3.63) is 72.1 Å². The number of halogens is 1. The number of hydrogen-bond donors (Lipinski definition) is 1. The highest BCUT2D eigenvalue weighted by Gasteiger charge is 2.08. The highest BCUT2D eigenvalue weighted by Crippen LogP contribution is 2.09. The minimum atomic E-state index is -0.369. The maximum absolute atomic E-state index is 12.8. The molecular weight excluding hydrogens is 333 g/mol. The zero-order valence-corrected chi connectivity index (χ0v) is 14.3. The SMILES string of the molecule is O=C(CCCC(=O)c1ccc(F)cc1)NCCc1ncc2ccccn12. The number of benzene rings is 1. The number of ketones is 1. The van der Waals surface area contributed by atoms with E-state index >= 15 is 0 Å². The third-order valence-corrected chi connectivity index (χ3v) is 4.16. The predicted molar refractivity (Wildman–Crippen MR) is 96.5 cm³/mol. The number of aromatic nitrogens is 2. The summed E-state index contributed by atoms with van der Waals surface area (Å²) in [6, 6.07) is 11.3. The van der Waals surface area contributed by atoms with Gasteiger partial charge in [0.05, 0.1) is 11.7 Å². The van der Waals surface area contributed by atoms with Crippen LogP contribution >= 0.6 is 0 Å². The lowest BCUT2D eigenvalue weighted by Gasteiger charge is -2.05. The number of carbonyl (C=O) groups is 2. The fraction of sp³-hybridized carbons (Fsp3) is 0.250. The van der Waals surface area contributed by atoms with Crippen molar-refractivity contribution in [2.45, 2.75) is 25.7 Å². The van der Waals surface area contributed by atoms with Gasteiger partial charge >= 0.3 is 0 Å². The zero-order valence-electron chi connectivity index (χ0n) is 14.3. The molecular formula is C20H20FN3O2. The molecule has 26 heavy (non-hydrogen) atoms. The smallest absolute Gasteiger partial charge is 0.220 e. The Balaban J connectivity index is 1.38. The van der Waals surface area contributed by atoms with E-state index in [2.05, 4.69) is 10.3 Å². The number of hydrogen-bond acceptors (Lipinski definition) is 3. The predicted octanol–water partition coefficient (Wildman–Crippen LogP) is 3.19. The van der Waals surface area contributed by atoms with Crippen LogP contribution in [0.3, 0.4) is 0 Å². The van der Waals surface area contributed by atoms with E-state index in [4.69, 9.17) is 0 Å². The lowest BCUT2D eigenvalue weighted by Crippen LogP contribution is -2.26. The fourth-order valence-corrected chi connectivity index (χ4v) is 2.78. The monoisotopic (exact) mass is 353 g/mol. The van der Waals surface area contributed by atoms with Crippen LogP contribution in [0.4, 0.5) is 4.39 Å². The molecule has 0 spiro atoms. The second-order valence-electron chi connectivity index (χ2n) is 6.05. The molecule has 6 heteroatoms. The van der Waals surface area contributed by atoms with E-state index in [0.29, 0.717) is 24.9 Å². The molecule has 0 bridgehead atoms. The first-order valence-electron chi connectivity index (χ1n) is 8.60. The Morgan fingerprint density at radius 1 is 1.08 bits per heavy atom. The number of carbonyl (C=O) groups excluding carboxylic acids is 2. The van der Waals surface area contributed by atoms with Crippen molar-refractivity contribution in [3.8, 4) is 0 Å². The minimum Gasteiger partial charge on any atom is -0.356 e. The van der Waals surface area contributed by atoms with Crippen LogP contribution in [0.5, 0.6) is 0 Å². The van der Waals surface area contributed by atoms with Gasteiger partial charge in [-0.05, 0) is 42.8 Å². The second-order valence-corrected chi connectivity index (χ2v) is 6.05. The van der Waals surface area contributed by atoms with Crippen LogP contribution in [0.15, 0.2) is 54.9 Å². The van der Waals surface area contributed by atoms with Gasteiger partial charge in [0.15, 0.2) is 5.78 Å². The first kappa shape index (κ1) is 17.8. The van der Waals surface area contributed by atoms with E-state index in [-0.39, 0.29) is 30.3 Å². The van der Waals surface area contributed by atoms with Gasteiger partial charge in [0.1, 0.15) is 11.6 Å². The third kappa shape index (κ3) is 4.53. The van der Waals surface area contributed by atoms with Gasteiger partial charge in [-0.3, -0.25) is 9.59 Å². The number of nitrogens with zero attached hydrogens (tertiary/aromatic N) is 2. The Morgan fingerprint density at radius 2 is 1.88 bits per heavy atom. The van der Waals surface area contributed by atoms with E-state index in [9.17, 15) is 14.0 Å². The standard InChI is InChI=1S/C20H20FN3O2/c21-16-9-7-15(8-10-16)18(25)5-3-6-20(26)22-12-11-19-23-14-17-4-1-2-13-24(17)19/h1-2,4,7-10,13-14H,3,5-6,11-12H2,(H,22,26). The van der Waals surface area contributed by atoms with E-state index in [1.807, 2.05) is 28.8 Å². The second kappa shape index (κ2) is 8.38. The van der Waals surface area contributed by atoms with Gasteiger partial charge in [-0.2, -0.15) is 0 Å². The van der Waals surface area contributed by atoms with Gasteiger partial charge in [0.2, 0.25) is 5.91 Å². The Labute approximate surface area is 150 Å². The molecule has 1 amide bonds. The van der Waals surface area contributed by atoms with Crippen LogP contribution < -0.4 is 5.32 Å². The summed E-state index contributed by atoms with van der Waals surface area (Å²) < 4.78 is 14.8. The van der Waals surface area contributed by atoms with Crippen LogP contribution in [-0.4, -0.2) is 27.6 Å². The zero-order chi connectivity index (χ0) is 18.4. The average molecular weight is 353 g/mol. The van der Waals surface area contributed by atoms with Gasteiger partial charge in [0.25, 0.3) is 0 Å². The lowest BCUT2D eigenvalue weighted by molar-refractivity contribution is -0.121. The Bertz CT molecular complexity index is 903. The first-order chi connectivity index (χ1) is 12.6. The average Bonchev–Trinajstić information content (AvgIpc) is 3.05. The number of pyridine rings is 1. The molecule has 0 atom stereocenters. The van der Waals surface area contributed by atoms with Crippen LogP contribution in [0, 0.1) is 5.82 Å². The number of nitrogens with one attached hydrogen (secondary N) is 1. The first-order valence-corrected chi connectivity index (χ1v) is 8.60. The Kier molecular flexibility index (Phi) is 5.73. The maximum Gasteiger partial charge on any atom is 0.220 e. The number of amides is 1. The van der Waals surface area contributed by atoms with E-state index in [1.54, 1.807) is 6.20 Å². The molecule has 5 nitrogen and oxygen atoms in total. The molecule has 0 saturated carbocycles. The van der Waals surface area contributed by atoms with Gasteiger partial charge in [-0.25, -0.2) is 9.37 Å². The molecule has 0 unspecified atom stereocenters. The van der Waals surface area contributed by atoms with Gasteiger partial charge in [0, 0.05) is 37.6 Å². The molecule has 0 fully saturated rings. The molecule has 1 N–H and O–H groups in total. The van der Waals surface area contributed by atoms with Crippen molar-refractivity contribution in [2.75, 3.05) is 6.54 Å². The number of fused-ring (bicyclic) bond motifs is 1. The van der Waals surface area contributed by atoms with Crippen LogP contribution in [-0.2, 0) is 11.2 Å². The molecule has 134 valence electrons. The summed E-state index contributed by atoms with van der Waals surface area (Å²) in [6.45, 7) is 0.499. The molecule has 2 heterocycles. The number of Topliss-reactive ketones (excluding diaryl/α,β-unsaturated/α-hetero) is 1. The van der Waals surface area contributed by atoms with Crippen LogP contribution in [0.25, 0.3) is 5.52 Å². The molecule has 2 aromatic heterocycles. The third-order valence-electron chi connectivity index (χ3n) is 4.16. The van der Waals surface area contributed by atoms with Gasteiger partial charge in [-0.15, -0.1) is 0 Å². The Morgan fingerprint density at radius 3 is 2.69 bits per heavy atom. The van der Waals surface area contributed by atoms with Crippen LogP contribution in [0.1, 0.15) is 35.4 Å². The van der Waals surface area contributed by atoms with E-state index in [0.717, 1.165) is 11.3 Å². The summed E-state index contributed by atoms with van der Waals surface area (Å²) in [5, 5.41) is 2.85. The van der Waals surface area contributed by atoms with Crippen molar-refractivity contribution in [2.24, 2.45) is 0 Å². The molecule has 3 rings (SSSR count). The van der Waals surface area contributed by atoms with Crippen molar-refractivity contribution in [1.29, 1.82) is 0 Å². The van der Waals surface area contributed by atoms with E-state index in [1.165, 1.54) is 24.3 Å². The van der Waals surface area contributed by atoms with Crippen molar-refractivity contribution < 1.29 is 14.0 Å². The minimum absolute atomic E-state index is 0.0818. The molecule has 0 radical (unpaired) electrons. The van der Waals surface area contributed by atoms with Crippen molar-refractivity contribution in [3.63, 3.8) is 0 Å². The van der Waals surface area contributed by atoms with E-state index < -0.39 is 0 Å². The summed E-state index contributed by atoms with van der Waals surface area (Å²) in [5.41, 5.74) is 1.49. The summed E-state index contributed by atoms with van der Waals surface area (Å²) in [5.74, 6) is 0.359. The van der Waals surface area contributed by atoms with Crippen LogP contribution in [0.2, 0.25) is 0 Å². The van der Waals surface area contributed by atoms with Crippen molar-refractivity contribution >= 4 is 17.2 Å². The quantitative estimate of drug-likeness (QED) is 0.633. The fourth-order valence-electron chi connectivity index (χ4n) is 2.78. The summed E-state index contributed by atoms with van der Waals surface area (Å²) in [6.07, 6.45) is 5.41. The molecule has 0 aliphatic heterocycles. The van der Waals surface area contributed by atoms with Gasteiger partial charge < -0.3 is 9.72 Å². The Hall–Kier alpha value is -3.02. The lowest BCUT2D eigenvalue weighted by atomic mass is 10.1. The topological polar surface area (TPSA) is 63.5 Å². The highest BCUT2D eigenvalue weighted by atomic mass is 19.1. The molecule has 0 aliphatic carbocycles. The van der Waals surface area contributed by atoms with Gasteiger partial charge in [-0.1, -0.05) is 6.07 Å². The molecule has 3 aromatic rings. The largest absolute Gasteiger partial charge is 0.356 e. The molecule has 0 aliphatic rings. The maximum atomic E-state index is 12.8. The summed E-state index contributed by atoms with van der Waals surface area (Å²) in [4.78, 5) is 28.2. The normalized spacial score (nSPS) is 10.8. The highest BCUT2D eigenvalue weighted by molar-refractivity contribution is 5.96. The van der Waals surface area contributed by atoms with Crippen molar-refractivity contribution in [1.82, 2.24) is 14.7 Å². The number of imidazole rings is 1. The summed E-state index contributed by atoms with van der Waals surface area (Å²) in [7, 11) is 0.